The average molecular weight is 361 g/mol. The maximum Gasteiger partial charge on any atom is 0.282 e. The largest absolute Gasteiger partial charge is 0.379 e. The molecular formula is C14H21ClN4O3S. The zero-order chi connectivity index (χ0) is 16.3. The van der Waals surface area contributed by atoms with Gasteiger partial charge in [-0.1, -0.05) is 11.6 Å². The van der Waals surface area contributed by atoms with Crippen molar-refractivity contribution in [2.75, 3.05) is 52.5 Å². The van der Waals surface area contributed by atoms with E-state index < -0.39 is 10.2 Å². The number of rotatable bonds is 4. The van der Waals surface area contributed by atoms with Crippen molar-refractivity contribution in [2.24, 2.45) is 0 Å². The van der Waals surface area contributed by atoms with E-state index in [1.807, 2.05) is 12.1 Å². The number of halogens is 1. The summed E-state index contributed by atoms with van der Waals surface area (Å²) in [6, 6.07) is 3.78. The van der Waals surface area contributed by atoms with E-state index in [2.05, 4.69) is 9.88 Å². The van der Waals surface area contributed by atoms with Gasteiger partial charge >= 0.3 is 0 Å². The van der Waals surface area contributed by atoms with Gasteiger partial charge in [-0.2, -0.15) is 17.0 Å². The Balaban J connectivity index is 1.55. The van der Waals surface area contributed by atoms with E-state index in [-0.39, 0.29) is 0 Å². The van der Waals surface area contributed by atoms with Gasteiger partial charge in [0.1, 0.15) is 5.15 Å². The second kappa shape index (κ2) is 7.42. The number of aromatic nitrogens is 1. The predicted molar refractivity (Wildman–Crippen MR) is 87.4 cm³/mol. The van der Waals surface area contributed by atoms with Crippen LogP contribution in [0, 0.1) is 0 Å². The van der Waals surface area contributed by atoms with Crippen LogP contribution in [0.3, 0.4) is 0 Å². The van der Waals surface area contributed by atoms with Crippen LogP contribution in [0.15, 0.2) is 18.3 Å². The molecule has 0 saturated carbocycles. The summed E-state index contributed by atoms with van der Waals surface area (Å²) in [5.41, 5.74) is 1.09. The van der Waals surface area contributed by atoms with E-state index in [4.69, 9.17) is 16.3 Å². The Kier molecular flexibility index (Phi) is 5.50. The number of pyridine rings is 1. The molecular weight excluding hydrogens is 340 g/mol. The number of morpholine rings is 1. The van der Waals surface area contributed by atoms with Gasteiger partial charge in [0.05, 0.1) is 13.2 Å². The SMILES string of the molecule is O=S(=O)(N1CCOCC1)N1CCN(Cc2ccnc(Cl)c2)CC1. The molecule has 0 unspecified atom stereocenters. The van der Waals surface area contributed by atoms with Crippen LogP contribution in [-0.2, 0) is 21.5 Å². The summed E-state index contributed by atoms with van der Waals surface area (Å²) in [6.45, 7) is 5.04. The molecule has 3 heterocycles. The van der Waals surface area contributed by atoms with Gasteiger partial charge in [-0.05, 0) is 17.7 Å². The van der Waals surface area contributed by atoms with Crippen molar-refractivity contribution in [1.82, 2.24) is 18.5 Å². The summed E-state index contributed by atoms with van der Waals surface area (Å²) in [4.78, 5) is 6.21. The lowest BCUT2D eigenvalue weighted by atomic mass is 10.2. The Labute approximate surface area is 142 Å². The lowest BCUT2D eigenvalue weighted by Gasteiger charge is -2.37. The summed E-state index contributed by atoms with van der Waals surface area (Å²) < 4.78 is 33.5. The molecule has 2 fully saturated rings. The molecule has 0 bridgehead atoms. The Hall–Kier alpha value is -0.770. The van der Waals surface area contributed by atoms with Crippen molar-refractivity contribution in [3.63, 3.8) is 0 Å². The fraction of sp³-hybridized carbons (Fsp3) is 0.643. The third-order valence-electron chi connectivity index (χ3n) is 4.15. The molecule has 0 amide bonds. The van der Waals surface area contributed by atoms with Crippen LogP contribution in [0.1, 0.15) is 5.56 Å². The smallest absolute Gasteiger partial charge is 0.282 e. The van der Waals surface area contributed by atoms with E-state index in [0.717, 1.165) is 12.1 Å². The van der Waals surface area contributed by atoms with E-state index in [0.29, 0.717) is 57.6 Å². The molecule has 0 atom stereocenters. The number of hydrogen-bond acceptors (Lipinski definition) is 5. The molecule has 0 spiro atoms. The fourth-order valence-corrected chi connectivity index (χ4v) is 4.62. The molecule has 0 aliphatic carbocycles. The zero-order valence-electron chi connectivity index (χ0n) is 12.9. The Morgan fingerprint density at radius 3 is 2.39 bits per heavy atom. The van der Waals surface area contributed by atoms with Gasteiger partial charge in [0.25, 0.3) is 10.2 Å². The molecule has 0 N–H and O–H groups in total. The summed E-state index contributed by atoms with van der Waals surface area (Å²) in [5, 5.41) is 0.482. The normalized spacial score (nSPS) is 22.3. The second-order valence-corrected chi connectivity index (χ2v) is 8.00. The van der Waals surface area contributed by atoms with Crippen molar-refractivity contribution >= 4 is 21.8 Å². The summed E-state index contributed by atoms with van der Waals surface area (Å²) in [7, 11) is -3.36. The molecule has 0 radical (unpaired) electrons. The molecule has 9 heteroatoms. The van der Waals surface area contributed by atoms with Crippen LogP contribution >= 0.6 is 11.6 Å². The minimum absolute atomic E-state index is 0.443. The standard InChI is InChI=1S/C14H21ClN4O3S/c15-14-11-13(1-2-16-14)12-17-3-5-18(6-4-17)23(20,21)19-7-9-22-10-8-19/h1-2,11H,3-10,12H2. The number of piperazine rings is 1. The van der Waals surface area contributed by atoms with Crippen LogP contribution in [0.2, 0.25) is 5.15 Å². The van der Waals surface area contributed by atoms with Gasteiger partial charge in [-0.25, -0.2) is 4.98 Å². The molecule has 7 nitrogen and oxygen atoms in total. The maximum atomic E-state index is 12.6. The van der Waals surface area contributed by atoms with Crippen molar-refractivity contribution in [3.8, 4) is 0 Å². The monoisotopic (exact) mass is 360 g/mol. The van der Waals surface area contributed by atoms with Gasteiger partial charge < -0.3 is 4.74 Å². The number of hydrogen-bond donors (Lipinski definition) is 0. The van der Waals surface area contributed by atoms with Gasteiger partial charge in [0.2, 0.25) is 0 Å². The van der Waals surface area contributed by atoms with Gasteiger partial charge in [0.15, 0.2) is 0 Å². The van der Waals surface area contributed by atoms with Gasteiger partial charge in [-0.3, -0.25) is 4.90 Å². The minimum Gasteiger partial charge on any atom is -0.379 e. The first kappa shape index (κ1) is 17.1. The quantitative estimate of drug-likeness (QED) is 0.728. The van der Waals surface area contributed by atoms with Crippen molar-refractivity contribution in [1.29, 1.82) is 0 Å². The highest BCUT2D eigenvalue weighted by molar-refractivity contribution is 7.86. The highest BCUT2D eigenvalue weighted by atomic mass is 35.5. The van der Waals surface area contributed by atoms with Gasteiger partial charge in [0, 0.05) is 52.0 Å². The highest BCUT2D eigenvalue weighted by Gasteiger charge is 2.33. The van der Waals surface area contributed by atoms with E-state index >= 15 is 0 Å². The van der Waals surface area contributed by atoms with Crippen LogP contribution < -0.4 is 0 Å². The van der Waals surface area contributed by atoms with E-state index in [9.17, 15) is 8.42 Å². The first-order valence-corrected chi connectivity index (χ1v) is 9.49. The molecule has 2 aliphatic heterocycles. The second-order valence-electron chi connectivity index (χ2n) is 5.68. The zero-order valence-corrected chi connectivity index (χ0v) is 14.5. The Morgan fingerprint density at radius 2 is 1.74 bits per heavy atom. The van der Waals surface area contributed by atoms with E-state index in [1.54, 1.807) is 10.5 Å². The first-order valence-electron chi connectivity index (χ1n) is 7.71. The molecule has 2 saturated heterocycles. The third kappa shape index (κ3) is 4.20. The minimum atomic E-state index is -3.36. The molecule has 2 aliphatic rings. The molecule has 1 aromatic heterocycles. The van der Waals surface area contributed by atoms with Crippen molar-refractivity contribution in [2.45, 2.75) is 6.54 Å². The number of nitrogens with zero attached hydrogens (tertiary/aromatic N) is 4. The average Bonchev–Trinajstić information content (AvgIpc) is 2.56. The third-order valence-corrected chi connectivity index (χ3v) is 6.39. The molecule has 23 heavy (non-hydrogen) atoms. The van der Waals surface area contributed by atoms with E-state index in [1.165, 1.54) is 4.31 Å². The summed E-state index contributed by atoms with van der Waals surface area (Å²) >= 11 is 5.90. The van der Waals surface area contributed by atoms with Crippen LogP contribution in [-0.4, -0.2) is 79.4 Å². The summed E-state index contributed by atoms with van der Waals surface area (Å²) in [6.07, 6.45) is 1.69. The summed E-state index contributed by atoms with van der Waals surface area (Å²) in [5.74, 6) is 0. The molecule has 128 valence electrons. The van der Waals surface area contributed by atoms with Crippen LogP contribution in [0.5, 0.6) is 0 Å². The fourth-order valence-electron chi connectivity index (χ4n) is 2.86. The molecule has 3 rings (SSSR count). The lowest BCUT2D eigenvalue weighted by molar-refractivity contribution is 0.0684. The van der Waals surface area contributed by atoms with Crippen LogP contribution in [0.25, 0.3) is 0 Å². The lowest BCUT2D eigenvalue weighted by Crippen LogP contribution is -2.54. The molecule has 1 aromatic rings. The van der Waals surface area contributed by atoms with Gasteiger partial charge in [-0.15, -0.1) is 0 Å². The first-order chi connectivity index (χ1) is 11.1. The predicted octanol–water partition coefficient (Wildman–Crippen LogP) is 0.430. The Morgan fingerprint density at radius 1 is 1.09 bits per heavy atom. The van der Waals surface area contributed by atoms with Crippen LogP contribution in [0.4, 0.5) is 0 Å². The van der Waals surface area contributed by atoms with Crippen molar-refractivity contribution in [3.05, 3.63) is 29.0 Å². The van der Waals surface area contributed by atoms with Crippen molar-refractivity contribution < 1.29 is 13.2 Å². The maximum absolute atomic E-state index is 12.6. The number of ether oxygens (including phenoxy) is 1. The molecule has 0 aromatic carbocycles. The highest BCUT2D eigenvalue weighted by Crippen LogP contribution is 2.16. The topological polar surface area (TPSA) is 66.0 Å². The Bertz CT molecular complexity index is 629.